The van der Waals surface area contributed by atoms with E-state index in [-0.39, 0.29) is 31.8 Å². The van der Waals surface area contributed by atoms with E-state index in [0.29, 0.717) is 5.56 Å². The Labute approximate surface area is 401 Å². The van der Waals surface area contributed by atoms with Crippen molar-refractivity contribution in [3.05, 3.63) is 35.9 Å². The third-order valence-electron chi connectivity index (χ3n) is 9.96. The van der Waals surface area contributed by atoms with Crippen LogP contribution < -0.4 is 59.7 Å². The summed E-state index contributed by atoms with van der Waals surface area (Å²) in [5, 5.41) is 55.5. The first-order valence-corrected chi connectivity index (χ1v) is 21.8. The maximum absolute atomic E-state index is 13.7. The predicted octanol–water partition coefficient (Wildman–Crippen LogP) is -4.90. The number of aliphatic carboxylic acids is 4. The van der Waals surface area contributed by atoms with Gasteiger partial charge in [-0.3, -0.25) is 57.7 Å². The van der Waals surface area contributed by atoms with Gasteiger partial charge in [-0.25, -0.2) is 4.79 Å². The molecule has 0 aliphatic heterocycles. The molecule has 1 rings (SSSR count). The molecule has 0 spiro atoms. The monoisotopic (exact) mass is 992 g/mol. The van der Waals surface area contributed by atoms with E-state index in [2.05, 4.69) is 47.5 Å². The van der Waals surface area contributed by atoms with Crippen molar-refractivity contribution >= 4 is 77.1 Å². The number of nitrogens with one attached hydrogen (secondary N) is 8. The molecular formula is C42H64N12O16. The summed E-state index contributed by atoms with van der Waals surface area (Å²) in [7, 11) is 0. The number of nitrogens with zero attached hydrogens (tertiary/aromatic N) is 1. The number of benzene rings is 1. The molecule has 1 aromatic carbocycles. The van der Waals surface area contributed by atoms with Crippen LogP contribution in [0.25, 0.3) is 0 Å². The Balaban J connectivity index is 3.08. The predicted molar refractivity (Wildman–Crippen MR) is 244 cm³/mol. The zero-order valence-electron chi connectivity index (χ0n) is 39.0. The number of rotatable bonds is 32. The van der Waals surface area contributed by atoms with Crippen LogP contribution in [0.3, 0.4) is 0 Å². The molecule has 0 saturated carbocycles. The van der Waals surface area contributed by atoms with Gasteiger partial charge in [0.25, 0.3) is 0 Å². The molecule has 28 heteroatoms. The van der Waals surface area contributed by atoms with E-state index in [1.54, 1.807) is 30.3 Å². The first kappa shape index (κ1) is 60.1. The molecule has 0 aliphatic carbocycles. The van der Waals surface area contributed by atoms with Gasteiger partial charge in [-0.05, 0) is 51.0 Å². The summed E-state index contributed by atoms with van der Waals surface area (Å²) in [6.45, 7) is 4.84. The molecule has 0 aromatic heterocycles. The Hall–Kier alpha value is -7.91. The lowest BCUT2D eigenvalue weighted by Crippen LogP contribution is -2.60. The molecule has 0 saturated heterocycles. The number of nitrogens with two attached hydrogens (primary N) is 3. The molecule has 18 N–H and O–H groups in total. The average molecular weight is 993 g/mol. The molecule has 8 amide bonds. The maximum atomic E-state index is 13.7. The quantitative estimate of drug-likeness (QED) is 0.0183. The molecule has 0 unspecified atom stereocenters. The van der Waals surface area contributed by atoms with Crippen molar-refractivity contribution in [1.29, 1.82) is 0 Å². The number of amides is 8. The van der Waals surface area contributed by atoms with Gasteiger partial charge in [-0.1, -0.05) is 44.2 Å². The van der Waals surface area contributed by atoms with Gasteiger partial charge in [-0.2, -0.15) is 0 Å². The van der Waals surface area contributed by atoms with Crippen LogP contribution in [-0.2, 0) is 64.0 Å². The van der Waals surface area contributed by atoms with E-state index in [0.717, 1.165) is 0 Å². The van der Waals surface area contributed by atoms with Crippen molar-refractivity contribution in [1.82, 2.24) is 42.5 Å². The highest BCUT2D eigenvalue weighted by atomic mass is 16.4. The SMILES string of the molecule is CC(C)[C@H](NC(=O)[C@H](CCC(=O)O)NC(=O)[C@@H](N)CC(=O)O)C(=O)N[C@@H](CCCN=C(N)N)C(=O)N[C@@H](C)C(=O)NCC(=O)N[C@@H](C)C(=O)N[C@@H](Cc1ccccc1)C(=O)N[C@@H](CCC(=O)O)C(=O)O. The topological polar surface area (TPSA) is 472 Å². The zero-order valence-corrected chi connectivity index (χ0v) is 39.0. The van der Waals surface area contributed by atoms with Gasteiger partial charge in [0.2, 0.25) is 47.3 Å². The van der Waals surface area contributed by atoms with Crippen LogP contribution in [0, 0.1) is 5.92 Å². The lowest BCUT2D eigenvalue weighted by Gasteiger charge is -2.28. The average Bonchev–Trinajstić information content (AvgIpc) is 3.27. The molecule has 28 nitrogen and oxygen atoms in total. The highest BCUT2D eigenvalue weighted by molar-refractivity contribution is 5.97. The Morgan fingerprint density at radius 3 is 1.60 bits per heavy atom. The number of carboxylic acid groups (broad SMARTS) is 4. The van der Waals surface area contributed by atoms with Gasteiger partial charge < -0.3 is 80.2 Å². The Morgan fingerprint density at radius 1 is 0.557 bits per heavy atom. The summed E-state index contributed by atoms with van der Waals surface area (Å²) in [5.41, 5.74) is 16.9. The van der Waals surface area contributed by atoms with Gasteiger partial charge in [0.15, 0.2) is 5.96 Å². The highest BCUT2D eigenvalue weighted by Gasteiger charge is 2.34. The van der Waals surface area contributed by atoms with Crippen LogP contribution in [-0.4, -0.2) is 159 Å². The fourth-order valence-electron chi connectivity index (χ4n) is 6.13. The molecule has 0 aliphatic rings. The molecule has 0 fully saturated rings. The summed E-state index contributed by atoms with van der Waals surface area (Å²) in [4.78, 5) is 154. The fourth-order valence-corrected chi connectivity index (χ4v) is 6.13. The lowest BCUT2D eigenvalue weighted by molar-refractivity contribution is -0.143. The van der Waals surface area contributed by atoms with Gasteiger partial charge in [0, 0.05) is 25.8 Å². The molecule has 0 heterocycles. The molecule has 8 atom stereocenters. The largest absolute Gasteiger partial charge is 0.481 e. The zero-order chi connectivity index (χ0) is 53.2. The number of aliphatic imine (C=N–C) groups is 1. The summed E-state index contributed by atoms with van der Waals surface area (Å²) in [5.74, 6) is -14.0. The number of carboxylic acids is 4. The van der Waals surface area contributed by atoms with Crippen molar-refractivity contribution in [2.75, 3.05) is 13.1 Å². The van der Waals surface area contributed by atoms with E-state index < -0.39 is 164 Å². The van der Waals surface area contributed by atoms with E-state index in [4.69, 9.17) is 27.4 Å². The van der Waals surface area contributed by atoms with E-state index in [1.807, 2.05) is 0 Å². The minimum absolute atomic E-state index is 0.00353. The Bertz CT molecular complexity index is 2070. The van der Waals surface area contributed by atoms with Crippen molar-refractivity contribution in [3.8, 4) is 0 Å². The van der Waals surface area contributed by atoms with Gasteiger partial charge >= 0.3 is 23.9 Å². The van der Waals surface area contributed by atoms with Crippen LogP contribution in [0.2, 0.25) is 0 Å². The van der Waals surface area contributed by atoms with E-state index in [1.165, 1.54) is 27.7 Å². The molecule has 388 valence electrons. The smallest absolute Gasteiger partial charge is 0.326 e. The minimum atomic E-state index is -1.60. The van der Waals surface area contributed by atoms with Crippen molar-refractivity contribution < 1.29 is 78.0 Å². The highest BCUT2D eigenvalue weighted by Crippen LogP contribution is 2.10. The second-order valence-corrected chi connectivity index (χ2v) is 16.3. The second kappa shape index (κ2) is 30.5. The molecule has 0 radical (unpaired) electrons. The van der Waals surface area contributed by atoms with Crippen LogP contribution in [0.5, 0.6) is 0 Å². The number of guanidine groups is 1. The van der Waals surface area contributed by atoms with Crippen molar-refractivity contribution in [2.24, 2.45) is 28.1 Å². The maximum Gasteiger partial charge on any atom is 0.326 e. The van der Waals surface area contributed by atoms with Gasteiger partial charge in [0.1, 0.15) is 42.3 Å². The fraction of sp³-hybridized carbons (Fsp3) is 0.548. The molecular weight excluding hydrogens is 929 g/mol. The first-order valence-electron chi connectivity index (χ1n) is 21.8. The third-order valence-corrected chi connectivity index (χ3v) is 9.96. The molecule has 70 heavy (non-hydrogen) atoms. The second-order valence-electron chi connectivity index (χ2n) is 16.3. The van der Waals surface area contributed by atoms with Crippen LogP contribution in [0.15, 0.2) is 35.3 Å². The van der Waals surface area contributed by atoms with E-state index in [9.17, 15) is 67.7 Å². The Kier molecular flexibility index (Phi) is 26.2. The minimum Gasteiger partial charge on any atom is -0.481 e. The number of hydrogen-bond donors (Lipinski definition) is 15. The lowest BCUT2D eigenvalue weighted by atomic mass is 10.0. The number of hydrogen-bond acceptors (Lipinski definition) is 14. The molecule has 1 aromatic rings. The summed E-state index contributed by atoms with van der Waals surface area (Å²) in [6.07, 6.45) is -3.04. The number of carbonyl (C=O) groups is 12. The van der Waals surface area contributed by atoms with Crippen molar-refractivity contribution in [2.45, 2.75) is 127 Å². The third kappa shape index (κ3) is 23.7. The van der Waals surface area contributed by atoms with Crippen LogP contribution in [0.1, 0.15) is 78.2 Å². The number of carbonyl (C=O) groups excluding carboxylic acids is 8. The standard InChI is InChI=1S/C42H64N12O16/c1-20(2)33(54-38(66)26(12-14-30(56)57)50-36(64)24(43)18-32(60)61)40(68)51-25(11-8-16-46-42(44)45)37(65)49-21(3)34(62)47-19-29(55)48-22(4)35(63)53-28(17-23-9-6-5-7-10-23)39(67)52-27(41(69)70)13-15-31(58)59/h5-7,9-10,20-22,24-28,33H,8,11-19,43H2,1-4H3,(H,47,62)(H,48,55)(H,49,65)(H,50,64)(H,51,68)(H,52,67)(H,53,63)(H,54,66)(H,56,57)(H,58,59)(H,60,61)(H,69,70)(H4,44,45,46)/t21-,22-,24-,25-,26-,27-,28-,33-/m0/s1. The summed E-state index contributed by atoms with van der Waals surface area (Å²) in [6, 6.07) is -3.32. The van der Waals surface area contributed by atoms with Crippen molar-refractivity contribution in [3.63, 3.8) is 0 Å². The van der Waals surface area contributed by atoms with Gasteiger partial charge in [0.05, 0.1) is 19.0 Å². The van der Waals surface area contributed by atoms with Crippen LogP contribution in [0.4, 0.5) is 0 Å². The first-order chi connectivity index (χ1) is 32.7. The Morgan fingerprint density at radius 2 is 1.06 bits per heavy atom. The molecule has 0 bridgehead atoms. The van der Waals surface area contributed by atoms with Gasteiger partial charge in [-0.15, -0.1) is 0 Å². The van der Waals surface area contributed by atoms with E-state index >= 15 is 0 Å². The normalized spacial score (nSPS) is 14.2. The van der Waals surface area contributed by atoms with Crippen LogP contribution >= 0.6 is 0 Å². The summed E-state index contributed by atoms with van der Waals surface area (Å²) >= 11 is 0. The summed E-state index contributed by atoms with van der Waals surface area (Å²) < 4.78 is 0.